The molecule has 4 heteroatoms. The summed E-state index contributed by atoms with van der Waals surface area (Å²) < 4.78 is 3.03. The molecule has 2 rings (SSSR count). The van der Waals surface area contributed by atoms with Gasteiger partial charge in [-0.3, -0.25) is 4.79 Å². The van der Waals surface area contributed by atoms with Crippen LogP contribution in [0.15, 0.2) is 47.1 Å². The fraction of sp³-hybridized carbons (Fsp3) is 0.312. The molecule has 0 aliphatic heterocycles. The molecule has 0 unspecified atom stereocenters. The van der Waals surface area contributed by atoms with Crippen LogP contribution in [-0.2, 0) is 6.54 Å². The second kappa shape index (κ2) is 6.27. The van der Waals surface area contributed by atoms with E-state index in [1.54, 1.807) is 4.90 Å². The van der Waals surface area contributed by atoms with Crippen molar-refractivity contribution in [3.63, 3.8) is 0 Å². The summed E-state index contributed by atoms with van der Waals surface area (Å²) >= 11 is 3.45. The van der Waals surface area contributed by atoms with Crippen molar-refractivity contribution in [2.24, 2.45) is 0 Å². The molecule has 1 aromatic heterocycles. The van der Waals surface area contributed by atoms with Crippen LogP contribution in [0.5, 0.6) is 0 Å². The van der Waals surface area contributed by atoms with Gasteiger partial charge in [-0.2, -0.15) is 0 Å². The summed E-state index contributed by atoms with van der Waals surface area (Å²) in [5, 5.41) is 0. The van der Waals surface area contributed by atoms with Crippen molar-refractivity contribution in [1.29, 1.82) is 0 Å². The van der Waals surface area contributed by atoms with Crippen molar-refractivity contribution in [2.45, 2.75) is 26.4 Å². The summed E-state index contributed by atoms with van der Waals surface area (Å²) in [4.78, 5) is 14.3. The van der Waals surface area contributed by atoms with Crippen LogP contribution in [0.1, 0.15) is 35.9 Å². The summed E-state index contributed by atoms with van der Waals surface area (Å²) in [5.41, 5.74) is 1.84. The molecule has 0 radical (unpaired) electrons. The largest absolute Gasteiger partial charge is 0.341 e. The van der Waals surface area contributed by atoms with Gasteiger partial charge in [0.05, 0.1) is 0 Å². The number of amides is 1. The van der Waals surface area contributed by atoms with E-state index in [0.717, 1.165) is 15.7 Å². The van der Waals surface area contributed by atoms with Gasteiger partial charge in [-0.15, -0.1) is 0 Å². The van der Waals surface area contributed by atoms with Gasteiger partial charge in [0.1, 0.15) is 5.69 Å². The number of rotatable bonds is 4. The number of nitrogens with zero attached hydrogens (tertiary/aromatic N) is 2. The molecular formula is C16H19BrN2O. The van der Waals surface area contributed by atoms with Gasteiger partial charge in [0.2, 0.25) is 0 Å². The first-order valence-electron chi connectivity index (χ1n) is 6.66. The third kappa shape index (κ3) is 3.31. The maximum absolute atomic E-state index is 12.5. The van der Waals surface area contributed by atoms with Gasteiger partial charge in [0.25, 0.3) is 5.91 Å². The van der Waals surface area contributed by atoms with Crippen molar-refractivity contribution in [2.75, 3.05) is 7.05 Å². The Kier molecular flexibility index (Phi) is 4.65. The van der Waals surface area contributed by atoms with Gasteiger partial charge < -0.3 is 9.47 Å². The fourth-order valence-electron chi connectivity index (χ4n) is 2.20. The Morgan fingerprint density at radius 2 is 2.05 bits per heavy atom. The molecule has 0 atom stereocenters. The van der Waals surface area contributed by atoms with Crippen LogP contribution in [-0.4, -0.2) is 22.4 Å². The highest BCUT2D eigenvalue weighted by molar-refractivity contribution is 9.10. The van der Waals surface area contributed by atoms with Gasteiger partial charge in [0.15, 0.2) is 0 Å². The van der Waals surface area contributed by atoms with Crippen molar-refractivity contribution in [3.8, 4) is 0 Å². The summed E-state index contributed by atoms with van der Waals surface area (Å²) in [6, 6.07) is 12.1. The van der Waals surface area contributed by atoms with Gasteiger partial charge >= 0.3 is 0 Å². The SMILES string of the molecule is CC(C)n1cccc1C(=O)N(C)Cc1cccc(Br)c1. The molecule has 0 saturated heterocycles. The van der Waals surface area contributed by atoms with E-state index in [4.69, 9.17) is 0 Å². The lowest BCUT2D eigenvalue weighted by molar-refractivity contribution is 0.0772. The molecule has 0 bridgehead atoms. The number of aromatic nitrogens is 1. The Labute approximate surface area is 128 Å². The molecule has 2 aromatic rings. The number of benzene rings is 1. The molecule has 106 valence electrons. The minimum absolute atomic E-state index is 0.0451. The maximum atomic E-state index is 12.5. The summed E-state index contributed by atoms with van der Waals surface area (Å²) in [6.07, 6.45) is 1.95. The number of carbonyl (C=O) groups excluding carboxylic acids is 1. The number of halogens is 1. The minimum atomic E-state index is 0.0451. The van der Waals surface area contributed by atoms with E-state index in [0.29, 0.717) is 6.54 Å². The molecule has 1 aromatic carbocycles. The number of carbonyl (C=O) groups is 1. The molecule has 0 aliphatic rings. The molecule has 0 fully saturated rings. The molecule has 1 amide bonds. The van der Waals surface area contributed by atoms with E-state index in [9.17, 15) is 4.79 Å². The van der Waals surface area contributed by atoms with Crippen LogP contribution in [0.2, 0.25) is 0 Å². The third-order valence-corrected chi connectivity index (χ3v) is 3.70. The van der Waals surface area contributed by atoms with Gasteiger partial charge in [-0.1, -0.05) is 28.1 Å². The standard InChI is InChI=1S/C16H19BrN2O/c1-12(2)19-9-5-8-15(19)16(20)18(3)11-13-6-4-7-14(17)10-13/h4-10,12H,11H2,1-3H3. The molecule has 0 spiro atoms. The van der Waals surface area contributed by atoms with Gasteiger partial charge in [-0.25, -0.2) is 0 Å². The number of hydrogen-bond donors (Lipinski definition) is 0. The van der Waals surface area contributed by atoms with Crippen LogP contribution in [0.4, 0.5) is 0 Å². The zero-order valence-electron chi connectivity index (χ0n) is 12.0. The second-order valence-corrected chi connectivity index (χ2v) is 6.10. The summed E-state index contributed by atoms with van der Waals surface area (Å²) in [7, 11) is 1.83. The first kappa shape index (κ1) is 14.9. The van der Waals surface area contributed by atoms with Gasteiger partial charge in [-0.05, 0) is 43.7 Å². The molecule has 0 aliphatic carbocycles. The summed E-state index contributed by atoms with van der Waals surface area (Å²) in [5.74, 6) is 0.0451. The first-order valence-corrected chi connectivity index (χ1v) is 7.45. The average molecular weight is 335 g/mol. The topological polar surface area (TPSA) is 25.2 Å². The monoisotopic (exact) mass is 334 g/mol. The molecule has 1 heterocycles. The van der Waals surface area contributed by atoms with Crippen molar-refractivity contribution in [3.05, 3.63) is 58.3 Å². The zero-order chi connectivity index (χ0) is 14.7. The Hall–Kier alpha value is -1.55. The maximum Gasteiger partial charge on any atom is 0.270 e. The highest BCUT2D eigenvalue weighted by atomic mass is 79.9. The first-order chi connectivity index (χ1) is 9.49. The molecular weight excluding hydrogens is 316 g/mol. The van der Waals surface area contributed by atoms with Crippen molar-refractivity contribution >= 4 is 21.8 Å². The highest BCUT2D eigenvalue weighted by Gasteiger charge is 2.17. The number of hydrogen-bond acceptors (Lipinski definition) is 1. The van der Waals surface area contributed by atoms with Crippen LogP contribution in [0, 0.1) is 0 Å². The quantitative estimate of drug-likeness (QED) is 0.826. The minimum Gasteiger partial charge on any atom is -0.341 e. The predicted molar refractivity (Wildman–Crippen MR) is 84.8 cm³/mol. The smallest absolute Gasteiger partial charge is 0.270 e. The van der Waals surface area contributed by atoms with Gasteiger partial charge in [0, 0.05) is 30.3 Å². The van der Waals surface area contributed by atoms with Crippen molar-refractivity contribution in [1.82, 2.24) is 9.47 Å². The normalized spacial score (nSPS) is 10.8. The fourth-order valence-corrected chi connectivity index (χ4v) is 2.65. The molecule has 0 N–H and O–H groups in total. The predicted octanol–water partition coefficient (Wildman–Crippen LogP) is 4.10. The Balaban J connectivity index is 2.14. The highest BCUT2D eigenvalue weighted by Crippen LogP contribution is 2.16. The molecule has 0 saturated carbocycles. The van der Waals surface area contributed by atoms with E-state index in [1.165, 1.54) is 0 Å². The zero-order valence-corrected chi connectivity index (χ0v) is 13.6. The lowest BCUT2D eigenvalue weighted by atomic mass is 10.2. The molecule has 20 heavy (non-hydrogen) atoms. The van der Waals surface area contributed by atoms with Crippen LogP contribution < -0.4 is 0 Å². The van der Waals surface area contributed by atoms with Crippen LogP contribution in [0.3, 0.4) is 0 Å². The van der Waals surface area contributed by atoms with E-state index in [-0.39, 0.29) is 11.9 Å². The lowest BCUT2D eigenvalue weighted by Gasteiger charge is -2.20. The second-order valence-electron chi connectivity index (χ2n) is 5.19. The van der Waals surface area contributed by atoms with Crippen molar-refractivity contribution < 1.29 is 4.79 Å². The Morgan fingerprint density at radius 1 is 1.30 bits per heavy atom. The lowest BCUT2D eigenvalue weighted by Crippen LogP contribution is -2.28. The van der Waals surface area contributed by atoms with E-state index in [2.05, 4.69) is 29.8 Å². The van der Waals surface area contributed by atoms with E-state index >= 15 is 0 Å². The van der Waals surface area contributed by atoms with E-state index in [1.807, 2.05) is 54.2 Å². The van der Waals surface area contributed by atoms with Crippen LogP contribution >= 0.6 is 15.9 Å². The Bertz CT molecular complexity index is 604. The summed E-state index contributed by atoms with van der Waals surface area (Å²) in [6.45, 7) is 4.75. The average Bonchev–Trinajstić information content (AvgIpc) is 2.87. The molecule has 3 nitrogen and oxygen atoms in total. The third-order valence-electron chi connectivity index (χ3n) is 3.21. The Morgan fingerprint density at radius 3 is 2.70 bits per heavy atom. The van der Waals surface area contributed by atoms with Crippen LogP contribution in [0.25, 0.3) is 0 Å². The van der Waals surface area contributed by atoms with E-state index < -0.39 is 0 Å².